The zero-order valence-corrected chi connectivity index (χ0v) is 10.1. The summed E-state index contributed by atoms with van der Waals surface area (Å²) in [5, 5.41) is 6.42. The van der Waals surface area contributed by atoms with Crippen LogP contribution in [-0.2, 0) is 4.79 Å². The smallest absolute Gasteiger partial charge is 0.224 e. The van der Waals surface area contributed by atoms with E-state index in [1.54, 1.807) is 0 Å². The Hall–Kier alpha value is -0.220. The van der Waals surface area contributed by atoms with E-state index in [2.05, 4.69) is 17.6 Å². The molecule has 3 atom stereocenters. The van der Waals surface area contributed by atoms with Gasteiger partial charge >= 0.3 is 0 Å². The summed E-state index contributed by atoms with van der Waals surface area (Å²) in [4.78, 5) is 11.9. The molecule has 0 aromatic carbocycles. The molecule has 2 fully saturated rings. The topological polar surface area (TPSA) is 41.1 Å². The number of nitrogens with one attached hydrogen (secondary N) is 2. The largest absolute Gasteiger partial charge is 0.356 e. The first kappa shape index (κ1) is 11.3. The van der Waals surface area contributed by atoms with Crippen molar-refractivity contribution in [2.45, 2.75) is 25.8 Å². The molecule has 0 aliphatic carbocycles. The van der Waals surface area contributed by atoms with Gasteiger partial charge in [-0.15, -0.1) is 0 Å². The van der Waals surface area contributed by atoms with Crippen molar-refractivity contribution in [3.63, 3.8) is 0 Å². The first-order chi connectivity index (χ1) is 7.27. The summed E-state index contributed by atoms with van der Waals surface area (Å²) in [7, 11) is 0. The van der Waals surface area contributed by atoms with Gasteiger partial charge in [0.15, 0.2) is 0 Å². The summed E-state index contributed by atoms with van der Waals surface area (Å²) in [5.41, 5.74) is 0. The number of thioether (sulfide) groups is 1. The van der Waals surface area contributed by atoms with Gasteiger partial charge in [-0.25, -0.2) is 0 Å². The number of hydrogen-bond donors (Lipinski definition) is 2. The third-order valence-corrected chi connectivity index (χ3v) is 4.68. The summed E-state index contributed by atoms with van der Waals surface area (Å²) in [6, 6.07) is 0.350. The number of rotatable bonds is 3. The molecule has 2 saturated heterocycles. The van der Waals surface area contributed by atoms with Crippen LogP contribution in [0.25, 0.3) is 0 Å². The molecule has 0 bridgehead atoms. The Morgan fingerprint density at radius 3 is 3.00 bits per heavy atom. The Morgan fingerprint density at radius 1 is 1.53 bits per heavy atom. The zero-order chi connectivity index (χ0) is 10.7. The highest BCUT2D eigenvalue weighted by Crippen LogP contribution is 2.23. The summed E-state index contributed by atoms with van der Waals surface area (Å²) in [6.07, 6.45) is 2.26. The number of carbonyl (C=O) groups is 1. The fourth-order valence-corrected chi connectivity index (χ4v) is 3.62. The van der Waals surface area contributed by atoms with E-state index in [1.165, 1.54) is 17.9 Å². The first-order valence-corrected chi connectivity index (χ1v) is 7.01. The average molecular weight is 228 g/mol. The van der Waals surface area contributed by atoms with Crippen molar-refractivity contribution in [1.29, 1.82) is 0 Å². The number of hydrogen-bond acceptors (Lipinski definition) is 3. The van der Waals surface area contributed by atoms with Gasteiger partial charge in [-0.3, -0.25) is 4.79 Å². The van der Waals surface area contributed by atoms with Crippen molar-refractivity contribution in [3.8, 4) is 0 Å². The molecule has 0 saturated carbocycles. The summed E-state index contributed by atoms with van der Waals surface area (Å²) in [5.74, 6) is 3.65. The lowest BCUT2D eigenvalue weighted by molar-refractivity contribution is -0.125. The van der Waals surface area contributed by atoms with E-state index in [-0.39, 0.29) is 11.8 Å². The lowest BCUT2D eigenvalue weighted by Crippen LogP contribution is -2.38. The quantitative estimate of drug-likeness (QED) is 0.752. The maximum atomic E-state index is 11.9. The minimum absolute atomic E-state index is 0.194. The van der Waals surface area contributed by atoms with Crippen LogP contribution in [0, 0.1) is 11.8 Å². The van der Waals surface area contributed by atoms with E-state index in [9.17, 15) is 4.79 Å². The third kappa shape index (κ3) is 2.88. The third-order valence-electron chi connectivity index (χ3n) is 3.45. The van der Waals surface area contributed by atoms with Crippen LogP contribution in [0.3, 0.4) is 0 Å². The SMILES string of the molecule is CC1NCCC1C(=O)NCC1CCSC1. The molecule has 0 spiro atoms. The predicted molar refractivity (Wildman–Crippen MR) is 64.0 cm³/mol. The molecular weight excluding hydrogens is 208 g/mol. The second-order valence-corrected chi connectivity index (χ2v) is 5.76. The minimum Gasteiger partial charge on any atom is -0.356 e. The Bertz CT molecular complexity index is 229. The van der Waals surface area contributed by atoms with Crippen LogP contribution in [-0.4, -0.2) is 36.5 Å². The summed E-state index contributed by atoms with van der Waals surface area (Å²) in [6.45, 7) is 3.97. The molecular formula is C11H20N2OS. The molecule has 3 unspecified atom stereocenters. The molecule has 2 heterocycles. The Balaban J connectivity index is 1.71. The van der Waals surface area contributed by atoms with Gasteiger partial charge in [0, 0.05) is 12.6 Å². The van der Waals surface area contributed by atoms with E-state index in [4.69, 9.17) is 0 Å². The maximum absolute atomic E-state index is 11.9. The normalized spacial score (nSPS) is 35.7. The Kier molecular flexibility index (Phi) is 3.92. The molecule has 2 rings (SSSR count). The van der Waals surface area contributed by atoms with Crippen molar-refractivity contribution in [1.82, 2.24) is 10.6 Å². The molecule has 4 heteroatoms. The molecule has 2 aliphatic rings. The van der Waals surface area contributed by atoms with Crippen LogP contribution in [0.5, 0.6) is 0 Å². The Morgan fingerprint density at radius 2 is 2.40 bits per heavy atom. The van der Waals surface area contributed by atoms with Crippen molar-refractivity contribution < 1.29 is 4.79 Å². The molecule has 1 amide bonds. The molecule has 15 heavy (non-hydrogen) atoms. The van der Waals surface area contributed by atoms with Gasteiger partial charge in [0.1, 0.15) is 0 Å². The number of carbonyl (C=O) groups excluding carboxylic acids is 1. The fourth-order valence-electron chi connectivity index (χ4n) is 2.34. The molecule has 0 aromatic rings. The summed E-state index contributed by atoms with van der Waals surface area (Å²) >= 11 is 2.00. The number of amides is 1. The Labute approximate surface area is 95.8 Å². The van der Waals surface area contributed by atoms with E-state index < -0.39 is 0 Å². The molecule has 86 valence electrons. The van der Waals surface area contributed by atoms with E-state index in [1.807, 2.05) is 11.8 Å². The van der Waals surface area contributed by atoms with Crippen LogP contribution in [0.1, 0.15) is 19.8 Å². The highest BCUT2D eigenvalue weighted by atomic mass is 32.2. The fraction of sp³-hybridized carbons (Fsp3) is 0.909. The zero-order valence-electron chi connectivity index (χ0n) is 9.29. The van der Waals surface area contributed by atoms with Gasteiger partial charge in [-0.2, -0.15) is 11.8 Å². The van der Waals surface area contributed by atoms with Crippen LogP contribution in [0.4, 0.5) is 0 Å². The average Bonchev–Trinajstić information content (AvgIpc) is 2.84. The molecule has 3 nitrogen and oxygen atoms in total. The predicted octanol–water partition coefficient (Wildman–Crippen LogP) is 0.854. The van der Waals surface area contributed by atoms with Gasteiger partial charge in [0.05, 0.1) is 5.92 Å². The van der Waals surface area contributed by atoms with Crippen molar-refractivity contribution in [2.24, 2.45) is 11.8 Å². The second-order valence-electron chi connectivity index (χ2n) is 4.61. The van der Waals surface area contributed by atoms with Gasteiger partial charge in [-0.1, -0.05) is 0 Å². The van der Waals surface area contributed by atoms with Gasteiger partial charge in [0.2, 0.25) is 5.91 Å². The monoisotopic (exact) mass is 228 g/mol. The van der Waals surface area contributed by atoms with E-state index >= 15 is 0 Å². The maximum Gasteiger partial charge on any atom is 0.224 e. The van der Waals surface area contributed by atoms with Crippen LogP contribution in [0.2, 0.25) is 0 Å². The lowest BCUT2D eigenvalue weighted by Gasteiger charge is -2.16. The van der Waals surface area contributed by atoms with Gasteiger partial charge in [0.25, 0.3) is 0 Å². The first-order valence-electron chi connectivity index (χ1n) is 5.86. The standard InChI is InChI=1S/C11H20N2OS/c1-8-10(2-4-12-8)11(14)13-6-9-3-5-15-7-9/h8-10,12H,2-7H2,1H3,(H,13,14). The lowest BCUT2D eigenvalue weighted by atomic mass is 10.0. The van der Waals surface area contributed by atoms with Crippen LogP contribution < -0.4 is 10.6 Å². The second kappa shape index (κ2) is 5.21. The minimum atomic E-state index is 0.194. The van der Waals surface area contributed by atoms with E-state index in [0.29, 0.717) is 12.0 Å². The highest BCUT2D eigenvalue weighted by Gasteiger charge is 2.29. The molecule has 2 aliphatic heterocycles. The molecule has 2 N–H and O–H groups in total. The molecule has 0 aromatic heterocycles. The van der Waals surface area contributed by atoms with Gasteiger partial charge < -0.3 is 10.6 Å². The van der Waals surface area contributed by atoms with Crippen molar-refractivity contribution in [3.05, 3.63) is 0 Å². The van der Waals surface area contributed by atoms with Crippen molar-refractivity contribution in [2.75, 3.05) is 24.6 Å². The highest BCUT2D eigenvalue weighted by molar-refractivity contribution is 7.99. The van der Waals surface area contributed by atoms with Gasteiger partial charge in [-0.05, 0) is 43.7 Å². The van der Waals surface area contributed by atoms with Crippen LogP contribution in [0.15, 0.2) is 0 Å². The summed E-state index contributed by atoms with van der Waals surface area (Å²) < 4.78 is 0. The van der Waals surface area contributed by atoms with E-state index in [0.717, 1.165) is 19.5 Å². The molecule has 0 radical (unpaired) electrons. The van der Waals surface area contributed by atoms with Crippen molar-refractivity contribution >= 4 is 17.7 Å². The van der Waals surface area contributed by atoms with Crippen LogP contribution >= 0.6 is 11.8 Å².